The molecule has 1 amide bonds. The average molecular weight is 314 g/mol. The molecule has 1 aromatic carbocycles. The van der Waals surface area contributed by atoms with Gasteiger partial charge in [0.15, 0.2) is 0 Å². The van der Waals surface area contributed by atoms with E-state index in [-0.39, 0.29) is 5.91 Å². The van der Waals surface area contributed by atoms with E-state index in [0.29, 0.717) is 32.8 Å². The molecule has 1 aromatic heterocycles. The Bertz CT molecular complexity index is 676. The largest absolute Gasteiger partial charge is 0.383 e. The summed E-state index contributed by atoms with van der Waals surface area (Å²) in [7, 11) is 1.62. The molecule has 0 aliphatic carbocycles. The Morgan fingerprint density at radius 1 is 1.39 bits per heavy atom. The smallest absolute Gasteiger partial charge is 0.231 e. The van der Waals surface area contributed by atoms with Gasteiger partial charge in [-0.05, 0) is 24.5 Å². The van der Waals surface area contributed by atoms with Gasteiger partial charge in [-0.1, -0.05) is 24.3 Å². The molecule has 0 spiro atoms. The number of rotatable bonds is 6. The number of ether oxygens (including phenoxy) is 2. The van der Waals surface area contributed by atoms with Gasteiger partial charge in [0.05, 0.1) is 24.1 Å². The molecule has 1 saturated heterocycles. The van der Waals surface area contributed by atoms with E-state index >= 15 is 0 Å². The summed E-state index contributed by atoms with van der Waals surface area (Å²) in [5, 5.41) is 4.16. The van der Waals surface area contributed by atoms with E-state index in [1.165, 1.54) is 0 Å². The number of hydrogen-bond acceptors (Lipinski definition) is 4. The van der Waals surface area contributed by atoms with Crippen LogP contribution in [0.4, 0.5) is 0 Å². The number of carbonyl (C=O) groups excluding carboxylic acids is 1. The van der Waals surface area contributed by atoms with Crippen molar-refractivity contribution in [1.82, 2.24) is 10.3 Å². The van der Waals surface area contributed by atoms with E-state index < -0.39 is 5.41 Å². The Morgan fingerprint density at radius 3 is 3.04 bits per heavy atom. The number of nitrogens with zero attached hydrogens (tertiary/aromatic N) is 1. The van der Waals surface area contributed by atoms with E-state index in [2.05, 4.69) is 16.4 Å². The summed E-state index contributed by atoms with van der Waals surface area (Å²) in [6.07, 6.45) is 3.26. The quantitative estimate of drug-likeness (QED) is 0.885. The Balaban J connectivity index is 1.63. The molecule has 122 valence electrons. The molecule has 5 heteroatoms. The molecule has 0 radical (unpaired) electrons. The van der Waals surface area contributed by atoms with Gasteiger partial charge in [0.1, 0.15) is 0 Å². The number of amides is 1. The normalized spacial score (nSPS) is 20.7. The number of hydrogen-bond donors (Lipinski definition) is 1. The SMILES string of the molecule is COCC1(C(=O)NCCc2cccc3cccnc23)CCOC1. The second kappa shape index (κ2) is 7.06. The van der Waals surface area contributed by atoms with Crippen LogP contribution in [0.15, 0.2) is 36.5 Å². The van der Waals surface area contributed by atoms with Crippen molar-refractivity contribution in [3.8, 4) is 0 Å². The molecule has 5 nitrogen and oxygen atoms in total. The molecule has 2 aromatic rings. The maximum Gasteiger partial charge on any atom is 0.231 e. The number of fused-ring (bicyclic) bond motifs is 1. The lowest BCUT2D eigenvalue weighted by atomic mass is 9.87. The Kier molecular flexibility index (Phi) is 4.88. The number of nitrogens with one attached hydrogen (secondary N) is 1. The molecule has 23 heavy (non-hydrogen) atoms. The van der Waals surface area contributed by atoms with Crippen LogP contribution in [0.1, 0.15) is 12.0 Å². The predicted octanol–water partition coefficient (Wildman–Crippen LogP) is 1.95. The van der Waals surface area contributed by atoms with E-state index in [1.807, 2.05) is 24.3 Å². The highest BCUT2D eigenvalue weighted by Crippen LogP contribution is 2.29. The molecule has 1 atom stereocenters. The van der Waals surface area contributed by atoms with Crippen LogP contribution in [0, 0.1) is 5.41 Å². The van der Waals surface area contributed by atoms with Crippen molar-refractivity contribution in [2.24, 2.45) is 5.41 Å². The number of carbonyl (C=O) groups is 1. The predicted molar refractivity (Wildman–Crippen MR) is 88.2 cm³/mol. The number of pyridine rings is 1. The van der Waals surface area contributed by atoms with Gasteiger partial charge in [0.2, 0.25) is 5.91 Å². The summed E-state index contributed by atoms with van der Waals surface area (Å²) in [4.78, 5) is 17.0. The fraction of sp³-hybridized carbons (Fsp3) is 0.444. The van der Waals surface area contributed by atoms with Crippen molar-refractivity contribution in [3.05, 3.63) is 42.1 Å². The van der Waals surface area contributed by atoms with Gasteiger partial charge < -0.3 is 14.8 Å². The maximum atomic E-state index is 12.5. The van der Waals surface area contributed by atoms with Gasteiger partial charge in [0.25, 0.3) is 0 Å². The molecular weight excluding hydrogens is 292 g/mol. The van der Waals surface area contributed by atoms with Crippen molar-refractivity contribution in [2.45, 2.75) is 12.8 Å². The highest BCUT2D eigenvalue weighted by atomic mass is 16.5. The van der Waals surface area contributed by atoms with Gasteiger partial charge in [-0.2, -0.15) is 0 Å². The summed E-state index contributed by atoms with van der Waals surface area (Å²) < 4.78 is 10.6. The molecule has 1 aliphatic rings. The first-order chi connectivity index (χ1) is 11.2. The van der Waals surface area contributed by atoms with Crippen molar-refractivity contribution < 1.29 is 14.3 Å². The molecule has 2 heterocycles. The minimum absolute atomic E-state index is 0.0186. The zero-order valence-electron chi connectivity index (χ0n) is 13.4. The van der Waals surface area contributed by atoms with Gasteiger partial charge in [0, 0.05) is 31.8 Å². The van der Waals surface area contributed by atoms with Crippen LogP contribution < -0.4 is 5.32 Å². The van der Waals surface area contributed by atoms with E-state index in [0.717, 1.165) is 22.9 Å². The molecule has 1 N–H and O–H groups in total. The second-order valence-electron chi connectivity index (χ2n) is 6.01. The van der Waals surface area contributed by atoms with E-state index in [4.69, 9.17) is 9.47 Å². The second-order valence-corrected chi connectivity index (χ2v) is 6.01. The fourth-order valence-electron chi connectivity index (χ4n) is 3.11. The summed E-state index contributed by atoms with van der Waals surface area (Å²) in [5.41, 5.74) is 1.61. The molecule has 1 aliphatic heterocycles. The van der Waals surface area contributed by atoms with Gasteiger partial charge in [-0.25, -0.2) is 0 Å². The Morgan fingerprint density at radius 2 is 2.26 bits per heavy atom. The third kappa shape index (κ3) is 3.35. The van der Waals surface area contributed by atoms with Crippen molar-refractivity contribution in [3.63, 3.8) is 0 Å². The van der Waals surface area contributed by atoms with Crippen molar-refractivity contribution in [2.75, 3.05) is 33.5 Å². The molecule has 1 unspecified atom stereocenters. The van der Waals surface area contributed by atoms with Crippen LogP contribution in [0.3, 0.4) is 0 Å². The number of methoxy groups -OCH3 is 1. The minimum atomic E-state index is -0.536. The zero-order valence-corrected chi connectivity index (χ0v) is 13.4. The maximum absolute atomic E-state index is 12.5. The first-order valence-electron chi connectivity index (χ1n) is 7.93. The van der Waals surface area contributed by atoms with Crippen molar-refractivity contribution in [1.29, 1.82) is 0 Å². The minimum Gasteiger partial charge on any atom is -0.383 e. The molecule has 0 bridgehead atoms. The number of benzene rings is 1. The summed E-state index contributed by atoms with van der Waals surface area (Å²) in [6.45, 7) is 2.03. The summed E-state index contributed by atoms with van der Waals surface area (Å²) >= 11 is 0. The lowest BCUT2D eigenvalue weighted by molar-refractivity contribution is -0.134. The van der Waals surface area contributed by atoms with Crippen molar-refractivity contribution >= 4 is 16.8 Å². The zero-order chi connectivity index (χ0) is 16.1. The van der Waals surface area contributed by atoms with Gasteiger partial charge >= 0.3 is 0 Å². The standard InChI is InChI=1S/C18H22N2O3/c1-22-12-18(8-11-23-13-18)17(21)20-10-7-15-5-2-4-14-6-3-9-19-16(14)15/h2-6,9H,7-8,10-13H2,1H3,(H,20,21). The lowest BCUT2D eigenvalue weighted by Gasteiger charge is -2.25. The van der Waals surface area contributed by atoms with Crippen LogP contribution >= 0.6 is 0 Å². The van der Waals surface area contributed by atoms with Gasteiger partial charge in [-0.3, -0.25) is 9.78 Å². The highest BCUT2D eigenvalue weighted by Gasteiger charge is 2.42. The van der Waals surface area contributed by atoms with Crippen LogP contribution in [-0.2, 0) is 20.7 Å². The fourth-order valence-corrected chi connectivity index (χ4v) is 3.11. The number of para-hydroxylation sites is 1. The summed E-state index contributed by atoms with van der Waals surface area (Å²) in [6, 6.07) is 10.1. The Labute approximate surface area is 136 Å². The first-order valence-corrected chi connectivity index (χ1v) is 7.93. The molecular formula is C18H22N2O3. The van der Waals surface area contributed by atoms with Crippen LogP contribution in [0.25, 0.3) is 10.9 Å². The molecule has 0 saturated carbocycles. The topological polar surface area (TPSA) is 60.5 Å². The van der Waals surface area contributed by atoms with Crippen LogP contribution in [0.2, 0.25) is 0 Å². The summed E-state index contributed by atoms with van der Waals surface area (Å²) in [5.74, 6) is 0.0186. The van der Waals surface area contributed by atoms with E-state index in [1.54, 1.807) is 13.3 Å². The third-order valence-corrected chi connectivity index (χ3v) is 4.40. The number of aromatic nitrogens is 1. The monoisotopic (exact) mass is 314 g/mol. The average Bonchev–Trinajstić information content (AvgIpc) is 3.05. The lowest BCUT2D eigenvalue weighted by Crippen LogP contribution is -2.45. The highest BCUT2D eigenvalue weighted by molar-refractivity contribution is 5.84. The third-order valence-electron chi connectivity index (χ3n) is 4.40. The first kappa shape index (κ1) is 15.9. The van der Waals surface area contributed by atoms with Crippen LogP contribution in [-0.4, -0.2) is 44.4 Å². The van der Waals surface area contributed by atoms with E-state index in [9.17, 15) is 4.79 Å². The van der Waals surface area contributed by atoms with Crippen LogP contribution in [0.5, 0.6) is 0 Å². The molecule has 3 rings (SSSR count). The molecule has 1 fully saturated rings. The Hall–Kier alpha value is -1.98. The van der Waals surface area contributed by atoms with Gasteiger partial charge in [-0.15, -0.1) is 0 Å².